The van der Waals surface area contributed by atoms with Crippen LogP contribution in [0.1, 0.15) is 33.3 Å². The molecule has 1 rings (SSSR count). The number of halogens is 2. The summed E-state index contributed by atoms with van der Waals surface area (Å²) in [6.45, 7) is 9.34. The van der Waals surface area contributed by atoms with Crippen molar-refractivity contribution < 1.29 is 8.78 Å². The Balaban J connectivity index is 2.70. The van der Waals surface area contributed by atoms with Crippen molar-refractivity contribution in [3.05, 3.63) is 35.4 Å². The van der Waals surface area contributed by atoms with Crippen LogP contribution in [0.4, 0.5) is 8.78 Å². The Hall–Kier alpha value is -0.960. The molecule has 1 atom stereocenters. The molecule has 0 fully saturated rings. The fourth-order valence-electron chi connectivity index (χ4n) is 1.96. The molecule has 1 nitrogen and oxygen atoms in total. The lowest BCUT2D eigenvalue weighted by Crippen LogP contribution is -2.32. The molecule has 0 heterocycles. The molecular weight excluding hydrogens is 232 g/mol. The van der Waals surface area contributed by atoms with Gasteiger partial charge in [0.05, 0.1) is 0 Å². The van der Waals surface area contributed by atoms with Crippen LogP contribution in [0, 0.1) is 23.5 Å². The third-order valence-corrected chi connectivity index (χ3v) is 3.15. The number of benzene rings is 1. The molecule has 0 aliphatic carbocycles. The van der Waals surface area contributed by atoms with Crippen LogP contribution in [-0.2, 0) is 6.42 Å². The largest absolute Gasteiger partial charge is 0.314 e. The molecule has 18 heavy (non-hydrogen) atoms. The monoisotopic (exact) mass is 255 g/mol. The SMILES string of the molecule is CC(C)NCC(Cc1cc(F)cc(F)c1)C(C)C. The summed E-state index contributed by atoms with van der Waals surface area (Å²) in [6, 6.07) is 4.19. The third-order valence-electron chi connectivity index (χ3n) is 3.15. The smallest absolute Gasteiger partial charge is 0.126 e. The minimum absolute atomic E-state index is 0.383. The average molecular weight is 255 g/mol. The van der Waals surface area contributed by atoms with Crippen LogP contribution in [0.5, 0.6) is 0 Å². The Morgan fingerprint density at radius 1 is 1.00 bits per heavy atom. The van der Waals surface area contributed by atoms with Crippen molar-refractivity contribution in [2.45, 2.75) is 40.2 Å². The van der Waals surface area contributed by atoms with Gasteiger partial charge in [-0.3, -0.25) is 0 Å². The van der Waals surface area contributed by atoms with E-state index in [2.05, 4.69) is 33.0 Å². The van der Waals surface area contributed by atoms with Crippen molar-refractivity contribution in [3.63, 3.8) is 0 Å². The first-order chi connectivity index (χ1) is 8.38. The summed E-state index contributed by atoms with van der Waals surface area (Å²) < 4.78 is 26.3. The first-order valence-electron chi connectivity index (χ1n) is 6.57. The number of hydrogen-bond donors (Lipinski definition) is 1. The lowest BCUT2D eigenvalue weighted by atomic mass is 9.89. The minimum atomic E-state index is -0.496. The van der Waals surface area contributed by atoms with Gasteiger partial charge in [-0.15, -0.1) is 0 Å². The van der Waals surface area contributed by atoms with E-state index in [1.807, 2.05) is 0 Å². The molecule has 0 spiro atoms. The molecule has 1 aromatic carbocycles. The second-order valence-corrected chi connectivity index (χ2v) is 5.55. The van der Waals surface area contributed by atoms with Gasteiger partial charge in [0.25, 0.3) is 0 Å². The zero-order valence-electron chi connectivity index (χ0n) is 11.6. The topological polar surface area (TPSA) is 12.0 Å². The van der Waals surface area contributed by atoms with E-state index in [9.17, 15) is 8.78 Å². The van der Waals surface area contributed by atoms with Gasteiger partial charge in [-0.25, -0.2) is 8.78 Å². The Labute approximate surface area is 109 Å². The number of nitrogens with one attached hydrogen (secondary N) is 1. The average Bonchev–Trinajstić information content (AvgIpc) is 2.22. The van der Waals surface area contributed by atoms with Crippen molar-refractivity contribution in [3.8, 4) is 0 Å². The maximum atomic E-state index is 13.1. The lowest BCUT2D eigenvalue weighted by Gasteiger charge is -2.23. The highest BCUT2D eigenvalue weighted by molar-refractivity contribution is 5.18. The minimum Gasteiger partial charge on any atom is -0.314 e. The van der Waals surface area contributed by atoms with Crippen molar-refractivity contribution in [1.82, 2.24) is 5.32 Å². The van der Waals surface area contributed by atoms with Gasteiger partial charge in [0, 0.05) is 12.1 Å². The van der Waals surface area contributed by atoms with Gasteiger partial charge in [-0.2, -0.15) is 0 Å². The third kappa shape index (κ3) is 5.13. The van der Waals surface area contributed by atoms with Crippen molar-refractivity contribution in [2.24, 2.45) is 11.8 Å². The Kier molecular flexibility index (Phi) is 5.73. The van der Waals surface area contributed by atoms with Crippen LogP contribution >= 0.6 is 0 Å². The summed E-state index contributed by atoms with van der Waals surface area (Å²) in [5.74, 6) is -0.134. The molecule has 102 valence electrons. The molecule has 0 saturated heterocycles. The van der Waals surface area contributed by atoms with Gasteiger partial charge >= 0.3 is 0 Å². The summed E-state index contributed by atoms with van der Waals surface area (Å²) in [5.41, 5.74) is 0.733. The number of hydrogen-bond acceptors (Lipinski definition) is 1. The van der Waals surface area contributed by atoms with Gasteiger partial charge in [0.1, 0.15) is 11.6 Å². The molecule has 1 unspecified atom stereocenters. The van der Waals surface area contributed by atoms with E-state index in [4.69, 9.17) is 0 Å². The van der Waals surface area contributed by atoms with E-state index < -0.39 is 11.6 Å². The summed E-state index contributed by atoms with van der Waals surface area (Å²) in [7, 11) is 0. The quantitative estimate of drug-likeness (QED) is 0.815. The maximum absolute atomic E-state index is 13.1. The van der Waals surface area contributed by atoms with Crippen LogP contribution in [0.3, 0.4) is 0 Å². The standard InChI is InChI=1S/C15H23F2N/c1-10(2)13(9-18-11(3)4)5-12-6-14(16)8-15(17)7-12/h6-8,10-11,13,18H,5,9H2,1-4H3. The van der Waals surface area contributed by atoms with E-state index in [1.54, 1.807) is 0 Å². The molecule has 0 aliphatic heterocycles. The summed E-state index contributed by atoms with van der Waals surface area (Å²) >= 11 is 0. The second kappa shape index (κ2) is 6.83. The first kappa shape index (κ1) is 15.1. The molecule has 0 radical (unpaired) electrons. The molecule has 1 aromatic rings. The molecule has 0 saturated carbocycles. The molecule has 0 bridgehead atoms. The predicted molar refractivity (Wildman–Crippen MR) is 71.5 cm³/mol. The molecule has 0 aromatic heterocycles. The fraction of sp³-hybridized carbons (Fsp3) is 0.600. The Morgan fingerprint density at radius 2 is 1.56 bits per heavy atom. The van der Waals surface area contributed by atoms with Crippen LogP contribution in [-0.4, -0.2) is 12.6 Å². The van der Waals surface area contributed by atoms with Crippen LogP contribution in [0.15, 0.2) is 18.2 Å². The van der Waals surface area contributed by atoms with E-state index in [-0.39, 0.29) is 0 Å². The Morgan fingerprint density at radius 3 is 2.00 bits per heavy atom. The second-order valence-electron chi connectivity index (χ2n) is 5.55. The molecule has 1 N–H and O–H groups in total. The van der Waals surface area contributed by atoms with Crippen LogP contribution in [0.25, 0.3) is 0 Å². The van der Waals surface area contributed by atoms with Gasteiger partial charge in [0.2, 0.25) is 0 Å². The van der Waals surface area contributed by atoms with Gasteiger partial charge in [0.15, 0.2) is 0 Å². The van der Waals surface area contributed by atoms with Crippen LogP contribution < -0.4 is 5.32 Å². The number of rotatable bonds is 6. The van der Waals surface area contributed by atoms with E-state index in [0.29, 0.717) is 24.3 Å². The van der Waals surface area contributed by atoms with E-state index >= 15 is 0 Å². The molecule has 0 aliphatic rings. The predicted octanol–water partition coefficient (Wildman–Crippen LogP) is 3.78. The van der Waals surface area contributed by atoms with Crippen LogP contribution in [0.2, 0.25) is 0 Å². The summed E-state index contributed by atoms with van der Waals surface area (Å²) in [4.78, 5) is 0. The van der Waals surface area contributed by atoms with Gasteiger partial charge in [-0.05, 0) is 42.5 Å². The van der Waals surface area contributed by atoms with Crippen molar-refractivity contribution in [2.75, 3.05) is 6.54 Å². The highest BCUT2D eigenvalue weighted by Crippen LogP contribution is 2.18. The molecule has 0 amide bonds. The first-order valence-corrected chi connectivity index (χ1v) is 6.57. The lowest BCUT2D eigenvalue weighted by molar-refractivity contribution is 0.348. The summed E-state index contributed by atoms with van der Waals surface area (Å²) in [6.07, 6.45) is 0.700. The molecule has 3 heteroatoms. The fourth-order valence-corrected chi connectivity index (χ4v) is 1.96. The molecular formula is C15H23F2N. The normalized spacial score (nSPS) is 13.3. The Bertz CT molecular complexity index is 355. The zero-order chi connectivity index (χ0) is 13.7. The summed E-state index contributed by atoms with van der Waals surface area (Å²) in [5, 5.41) is 3.39. The highest BCUT2D eigenvalue weighted by atomic mass is 19.1. The maximum Gasteiger partial charge on any atom is 0.126 e. The van der Waals surface area contributed by atoms with Crippen molar-refractivity contribution >= 4 is 0 Å². The van der Waals surface area contributed by atoms with Gasteiger partial charge in [-0.1, -0.05) is 27.7 Å². The van der Waals surface area contributed by atoms with Gasteiger partial charge < -0.3 is 5.32 Å². The van der Waals surface area contributed by atoms with E-state index in [1.165, 1.54) is 12.1 Å². The highest BCUT2D eigenvalue weighted by Gasteiger charge is 2.15. The zero-order valence-corrected chi connectivity index (χ0v) is 11.6. The van der Waals surface area contributed by atoms with E-state index in [0.717, 1.165) is 18.2 Å². The van der Waals surface area contributed by atoms with Crippen molar-refractivity contribution in [1.29, 1.82) is 0 Å².